The molecule has 0 saturated heterocycles. The molecule has 1 aliphatic carbocycles. The smallest absolute Gasteiger partial charge is 0.222 e. The van der Waals surface area contributed by atoms with Gasteiger partial charge in [-0.15, -0.1) is 0 Å². The third kappa shape index (κ3) is 3.20. The van der Waals surface area contributed by atoms with Crippen molar-refractivity contribution in [1.82, 2.24) is 9.97 Å². The van der Waals surface area contributed by atoms with Crippen molar-refractivity contribution < 1.29 is 9.18 Å². The van der Waals surface area contributed by atoms with Gasteiger partial charge < -0.3 is 5.32 Å². The van der Waals surface area contributed by atoms with Crippen molar-refractivity contribution in [3.05, 3.63) is 76.9 Å². The van der Waals surface area contributed by atoms with Crippen LogP contribution in [0.15, 0.2) is 48.5 Å². The number of benzene rings is 2. The number of rotatable bonds is 3. The van der Waals surface area contributed by atoms with E-state index in [1.807, 2.05) is 30.3 Å². The molecule has 0 aliphatic heterocycles. The predicted octanol–water partition coefficient (Wildman–Crippen LogP) is 3.93. The van der Waals surface area contributed by atoms with Crippen molar-refractivity contribution in [2.75, 3.05) is 5.32 Å². The van der Waals surface area contributed by atoms with Crippen molar-refractivity contribution in [2.45, 2.75) is 26.2 Å². The summed E-state index contributed by atoms with van der Waals surface area (Å²) in [4.78, 5) is 21.1. The van der Waals surface area contributed by atoms with E-state index >= 15 is 0 Å². The largest absolute Gasteiger partial charge is 0.309 e. The molecule has 0 bridgehead atoms. The Hall–Kier alpha value is -3.08. The number of anilines is 1. The van der Waals surface area contributed by atoms with Gasteiger partial charge in [-0.2, -0.15) is 0 Å². The second-order valence-corrected chi connectivity index (χ2v) is 6.46. The summed E-state index contributed by atoms with van der Waals surface area (Å²) in [5, 5.41) is 2.80. The number of nitrogens with zero attached hydrogens (tertiary/aromatic N) is 2. The molecule has 1 aromatic heterocycles. The molecule has 0 atom stereocenters. The van der Waals surface area contributed by atoms with Crippen molar-refractivity contribution in [3.63, 3.8) is 0 Å². The van der Waals surface area contributed by atoms with Gasteiger partial charge in [0.15, 0.2) is 5.82 Å². The Kier molecular flexibility index (Phi) is 4.21. The van der Waals surface area contributed by atoms with Gasteiger partial charge in [-0.25, -0.2) is 14.4 Å². The molecule has 1 aliphatic rings. The highest BCUT2D eigenvalue weighted by Gasteiger charge is 2.22. The summed E-state index contributed by atoms with van der Waals surface area (Å²) in [5.74, 6) is 0.0945. The molecular formula is C21H18FN3O. The van der Waals surface area contributed by atoms with E-state index in [-0.39, 0.29) is 11.7 Å². The SMILES string of the molecule is CC(=O)Nc1nc2c(nc1Cc1ccccc1)-c1ccc(F)cc1CC2. The molecule has 130 valence electrons. The highest BCUT2D eigenvalue weighted by atomic mass is 19.1. The average Bonchev–Trinajstić information content (AvgIpc) is 2.62. The van der Waals surface area contributed by atoms with Gasteiger partial charge in [0.2, 0.25) is 5.91 Å². The standard InChI is InChI=1S/C21H18FN3O/c1-13(26)23-21-19(11-14-5-3-2-4-6-14)24-20-17-9-8-16(22)12-15(17)7-10-18(20)25-21/h2-6,8-9,12H,7,10-11H2,1H3,(H,23,25,26). The number of carbonyl (C=O) groups is 1. The number of hydrogen-bond donors (Lipinski definition) is 1. The van der Waals surface area contributed by atoms with E-state index in [2.05, 4.69) is 10.3 Å². The first-order valence-electron chi connectivity index (χ1n) is 8.60. The molecule has 5 heteroatoms. The van der Waals surface area contributed by atoms with Crippen LogP contribution in [0.3, 0.4) is 0 Å². The minimum absolute atomic E-state index is 0.174. The molecule has 4 nitrogen and oxygen atoms in total. The highest BCUT2D eigenvalue weighted by Crippen LogP contribution is 2.33. The van der Waals surface area contributed by atoms with Crippen LogP contribution in [-0.2, 0) is 24.1 Å². The van der Waals surface area contributed by atoms with Crippen LogP contribution in [-0.4, -0.2) is 15.9 Å². The van der Waals surface area contributed by atoms with Crippen LogP contribution >= 0.6 is 0 Å². The molecule has 0 radical (unpaired) electrons. The van der Waals surface area contributed by atoms with E-state index in [0.717, 1.165) is 28.1 Å². The fourth-order valence-electron chi connectivity index (χ4n) is 3.33. The van der Waals surface area contributed by atoms with Crippen LogP contribution in [0, 0.1) is 5.82 Å². The molecule has 26 heavy (non-hydrogen) atoms. The van der Waals surface area contributed by atoms with E-state index in [1.54, 1.807) is 12.1 Å². The molecule has 1 amide bonds. The summed E-state index contributed by atoms with van der Waals surface area (Å²) < 4.78 is 13.6. The van der Waals surface area contributed by atoms with Crippen molar-refractivity contribution >= 4 is 11.7 Å². The Morgan fingerprint density at radius 1 is 1.12 bits per heavy atom. The average molecular weight is 347 g/mol. The Morgan fingerprint density at radius 3 is 2.69 bits per heavy atom. The molecule has 0 fully saturated rings. The quantitative estimate of drug-likeness (QED) is 0.781. The lowest BCUT2D eigenvalue weighted by atomic mass is 9.91. The van der Waals surface area contributed by atoms with E-state index in [0.29, 0.717) is 30.8 Å². The van der Waals surface area contributed by atoms with Crippen LogP contribution in [0.5, 0.6) is 0 Å². The number of amides is 1. The number of fused-ring (bicyclic) bond motifs is 3. The Labute approximate surface area is 151 Å². The van der Waals surface area contributed by atoms with Gasteiger partial charge in [0, 0.05) is 18.9 Å². The number of nitrogens with one attached hydrogen (secondary N) is 1. The second kappa shape index (κ2) is 6.67. The fraction of sp³-hybridized carbons (Fsp3) is 0.190. The first-order chi connectivity index (χ1) is 12.6. The van der Waals surface area contributed by atoms with Gasteiger partial charge in [-0.05, 0) is 42.2 Å². The minimum Gasteiger partial charge on any atom is -0.309 e. The molecule has 1 N–H and O–H groups in total. The summed E-state index contributed by atoms with van der Waals surface area (Å²) in [6.07, 6.45) is 1.95. The fourth-order valence-corrected chi connectivity index (χ4v) is 3.33. The summed E-state index contributed by atoms with van der Waals surface area (Å²) in [7, 11) is 0. The van der Waals surface area contributed by atoms with Gasteiger partial charge in [-0.3, -0.25) is 4.79 Å². The van der Waals surface area contributed by atoms with Gasteiger partial charge in [0.05, 0.1) is 17.1 Å². The number of carbonyl (C=O) groups excluding carboxylic acids is 1. The zero-order chi connectivity index (χ0) is 18.1. The number of aryl methyl sites for hydroxylation is 2. The first kappa shape index (κ1) is 16.4. The van der Waals surface area contributed by atoms with Crippen LogP contribution in [0.2, 0.25) is 0 Å². The molecule has 0 unspecified atom stereocenters. The zero-order valence-electron chi connectivity index (χ0n) is 14.4. The number of hydrogen-bond acceptors (Lipinski definition) is 3. The third-order valence-electron chi connectivity index (χ3n) is 4.50. The molecular weight excluding hydrogens is 329 g/mol. The lowest BCUT2D eigenvalue weighted by molar-refractivity contribution is -0.114. The van der Waals surface area contributed by atoms with Crippen molar-refractivity contribution in [1.29, 1.82) is 0 Å². The summed E-state index contributed by atoms with van der Waals surface area (Å²) in [5.41, 5.74) is 5.29. The van der Waals surface area contributed by atoms with E-state index in [9.17, 15) is 9.18 Å². The van der Waals surface area contributed by atoms with Crippen LogP contribution in [0.4, 0.5) is 10.2 Å². The molecule has 0 saturated carbocycles. The van der Waals surface area contributed by atoms with Crippen molar-refractivity contribution in [2.24, 2.45) is 0 Å². The zero-order valence-corrected chi connectivity index (χ0v) is 14.4. The number of aromatic nitrogens is 2. The normalized spacial score (nSPS) is 12.2. The summed E-state index contributed by atoms with van der Waals surface area (Å²) in [6.45, 7) is 1.46. The van der Waals surface area contributed by atoms with E-state index in [4.69, 9.17) is 4.98 Å². The second-order valence-electron chi connectivity index (χ2n) is 6.46. The molecule has 4 rings (SSSR count). The summed E-state index contributed by atoms with van der Waals surface area (Å²) >= 11 is 0. The Balaban J connectivity index is 1.83. The molecule has 0 spiro atoms. The maximum atomic E-state index is 13.6. The minimum atomic E-state index is -0.237. The topological polar surface area (TPSA) is 54.9 Å². The van der Waals surface area contributed by atoms with Gasteiger partial charge in [0.25, 0.3) is 0 Å². The Bertz CT molecular complexity index is 986. The van der Waals surface area contributed by atoms with Gasteiger partial charge >= 0.3 is 0 Å². The first-order valence-corrected chi connectivity index (χ1v) is 8.60. The Morgan fingerprint density at radius 2 is 1.92 bits per heavy atom. The lowest BCUT2D eigenvalue weighted by Crippen LogP contribution is -2.16. The highest BCUT2D eigenvalue weighted by molar-refractivity contribution is 5.88. The van der Waals surface area contributed by atoms with Crippen LogP contribution < -0.4 is 5.32 Å². The predicted molar refractivity (Wildman–Crippen MR) is 98.4 cm³/mol. The van der Waals surface area contributed by atoms with Gasteiger partial charge in [0.1, 0.15) is 5.82 Å². The molecule has 2 aromatic carbocycles. The molecule has 1 heterocycles. The third-order valence-corrected chi connectivity index (χ3v) is 4.50. The maximum absolute atomic E-state index is 13.6. The van der Waals surface area contributed by atoms with Crippen molar-refractivity contribution in [3.8, 4) is 11.3 Å². The lowest BCUT2D eigenvalue weighted by Gasteiger charge is -2.21. The van der Waals surface area contributed by atoms with Gasteiger partial charge in [-0.1, -0.05) is 30.3 Å². The van der Waals surface area contributed by atoms with Crippen LogP contribution in [0.25, 0.3) is 11.3 Å². The molecule has 3 aromatic rings. The summed E-state index contributed by atoms with van der Waals surface area (Å²) in [6, 6.07) is 14.7. The monoisotopic (exact) mass is 347 g/mol. The number of halogens is 1. The maximum Gasteiger partial charge on any atom is 0.222 e. The van der Waals surface area contributed by atoms with E-state index < -0.39 is 0 Å². The van der Waals surface area contributed by atoms with Crippen LogP contribution in [0.1, 0.15) is 29.4 Å². The van der Waals surface area contributed by atoms with E-state index in [1.165, 1.54) is 13.0 Å².